The zero-order chi connectivity index (χ0) is 9.02. The number of hydrogen-bond acceptors (Lipinski definition) is 1. The fourth-order valence-electron chi connectivity index (χ4n) is 1.07. The number of carboxylic acid groups (broad SMARTS) is 1. The second-order valence-electron chi connectivity index (χ2n) is 3.06. The van der Waals surface area contributed by atoms with E-state index in [4.69, 9.17) is 11.5 Å². The van der Waals surface area contributed by atoms with Crippen molar-refractivity contribution < 1.29 is 9.90 Å². The van der Waals surface area contributed by atoms with E-state index >= 15 is 0 Å². The van der Waals surface area contributed by atoms with Crippen molar-refractivity contribution in [2.24, 2.45) is 17.8 Å². The first kappa shape index (κ1) is 10.0. The fourth-order valence-corrected chi connectivity index (χ4v) is 1.07. The van der Waals surface area contributed by atoms with Gasteiger partial charge >= 0.3 is 5.97 Å². The molecule has 0 aromatic carbocycles. The van der Waals surface area contributed by atoms with Crippen LogP contribution in [-0.2, 0) is 4.79 Å². The molecule has 0 aliphatic rings. The molecule has 1 N–H and O–H groups in total. The molecule has 2 atom stereocenters. The number of carbonyl (C=O) groups is 1. The van der Waals surface area contributed by atoms with Crippen molar-refractivity contribution in [3.63, 3.8) is 0 Å². The Morgan fingerprint density at radius 2 is 1.91 bits per heavy atom. The van der Waals surface area contributed by atoms with Crippen LogP contribution < -0.4 is 0 Å². The van der Waals surface area contributed by atoms with E-state index in [2.05, 4.69) is 5.92 Å². The van der Waals surface area contributed by atoms with Gasteiger partial charge in [0.25, 0.3) is 0 Å². The number of hydrogen-bond donors (Lipinski definition) is 1. The first-order chi connectivity index (χ1) is 5.00. The molecule has 0 saturated heterocycles. The molecule has 0 aliphatic heterocycles. The largest absolute Gasteiger partial charge is 0.481 e. The standard InChI is InChI=1S/C9H14O2/c1-5-8(6(2)3)7(4)9(10)11/h1,6-8H,2-4H3,(H,10,11)/t7-,8-/m1/s1. The van der Waals surface area contributed by atoms with Crippen molar-refractivity contribution in [3.05, 3.63) is 0 Å². The average Bonchev–Trinajstić information content (AvgIpc) is 1.88. The van der Waals surface area contributed by atoms with E-state index in [0.717, 1.165) is 0 Å². The summed E-state index contributed by atoms with van der Waals surface area (Å²) in [4.78, 5) is 10.5. The first-order valence-corrected chi connectivity index (χ1v) is 3.69. The summed E-state index contributed by atoms with van der Waals surface area (Å²) in [6.45, 7) is 5.51. The van der Waals surface area contributed by atoms with Crippen LogP contribution in [0.3, 0.4) is 0 Å². The van der Waals surface area contributed by atoms with Crippen LogP contribution in [0.2, 0.25) is 0 Å². The summed E-state index contributed by atoms with van der Waals surface area (Å²) in [5.41, 5.74) is 0. The SMILES string of the molecule is C#C[C@H](C(C)C)[C@@H](C)C(=O)O. The summed E-state index contributed by atoms with van der Waals surface area (Å²) < 4.78 is 0. The third kappa shape index (κ3) is 2.63. The maximum Gasteiger partial charge on any atom is 0.307 e. The summed E-state index contributed by atoms with van der Waals surface area (Å²) in [6.07, 6.45) is 5.20. The van der Waals surface area contributed by atoms with E-state index in [-0.39, 0.29) is 11.8 Å². The van der Waals surface area contributed by atoms with Gasteiger partial charge in [0.15, 0.2) is 0 Å². The van der Waals surface area contributed by atoms with Gasteiger partial charge in [-0.2, -0.15) is 0 Å². The second-order valence-corrected chi connectivity index (χ2v) is 3.06. The van der Waals surface area contributed by atoms with Crippen molar-refractivity contribution in [3.8, 4) is 12.3 Å². The van der Waals surface area contributed by atoms with Crippen LogP contribution in [0.5, 0.6) is 0 Å². The Bertz CT molecular complexity index is 176. The van der Waals surface area contributed by atoms with Crippen LogP contribution in [0.4, 0.5) is 0 Å². The lowest BCUT2D eigenvalue weighted by Crippen LogP contribution is -2.23. The third-order valence-electron chi connectivity index (χ3n) is 1.84. The molecule has 0 fully saturated rings. The Hall–Kier alpha value is -0.970. The molecule has 2 heteroatoms. The summed E-state index contributed by atoms with van der Waals surface area (Å²) in [6, 6.07) is 0. The van der Waals surface area contributed by atoms with Crippen LogP contribution in [0.15, 0.2) is 0 Å². The molecule has 0 amide bonds. The van der Waals surface area contributed by atoms with Crippen LogP contribution in [0, 0.1) is 30.1 Å². The van der Waals surface area contributed by atoms with E-state index in [9.17, 15) is 4.79 Å². The Morgan fingerprint density at radius 1 is 1.45 bits per heavy atom. The van der Waals surface area contributed by atoms with Gasteiger partial charge in [-0.05, 0) is 5.92 Å². The lowest BCUT2D eigenvalue weighted by atomic mass is 9.85. The lowest BCUT2D eigenvalue weighted by molar-refractivity contribution is -0.142. The van der Waals surface area contributed by atoms with Gasteiger partial charge in [-0.15, -0.1) is 12.3 Å². The zero-order valence-electron chi connectivity index (χ0n) is 7.16. The monoisotopic (exact) mass is 154 g/mol. The van der Waals surface area contributed by atoms with Crippen molar-refractivity contribution in [1.82, 2.24) is 0 Å². The molecule has 0 heterocycles. The topological polar surface area (TPSA) is 37.3 Å². The molecule has 0 bridgehead atoms. The molecule has 0 rings (SSSR count). The van der Waals surface area contributed by atoms with Gasteiger partial charge in [-0.1, -0.05) is 20.8 Å². The Balaban J connectivity index is 4.29. The quantitative estimate of drug-likeness (QED) is 0.627. The highest BCUT2D eigenvalue weighted by Gasteiger charge is 2.23. The summed E-state index contributed by atoms with van der Waals surface area (Å²) in [7, 11) is 0. The molecule has 0 saturated carbocycles. The molecule has 0 radical (unpaired) electrons. The highest BCUT2D eigenvalue weighted by molar-refractivity contribution is 5.70. The molecule has 2 nitrogen and oxygen atoms in total. The lowest BCUT2D eigenvalue weighted by Gasteiger charge is -2.18. The summed E-state index contributed by atoms with van der Waals surface area (Å²) >= 11 is 0. The van der Waals surface area contributed by atoms with E-state index in [1.165, 1.54) is 0 Å². The molecule has 0 unspecified atom stereocenters. The van der Waals surface area contributed by atoms with Crippen LogP contribution >= 0.6 is 0 Å². The van der Waals surface area contributed by atoms with Gasteiger partial charge in [0.05, 0.1) is 5.92 Å². The Kier molecular flexibility index (Phi) is 3.67. The number of carboxylic acids is 1. The minimum absolute atomic E-state index is 0.160. The molecule has 11 heavy (non-hydrogen) atoms. The predicted molar refractivity (Wildman–Crippen MR) is 44.0 cm³/mol. The van der Waals surface area contributed by atoms with Gasteiger partial charge in [0.2, 0.25) is 0 Å². The normalized spacial score (nSPS) is 15.5. The minimum atomic E-state index is -0.818. The maximum atomic E-state index is 10.5. The van der Waals surface area contributed by atoms with Gasteiger partial charge in [-0.3, -0.25) is 4.79 Å². The molecule has 0 aliphatic carbocycles. The zero-order valence-corrected chi connectivity index (χ0v) is 7.16. The minimum Gasteiger partial charge on any atom is -0.481 e. The van der Waals surface area contributed by atoms with Crippen molar-refractivity contribution in [1.29, 1.82) is 0 Å². The first-order valence-electron chi connectivity index (χ1n) is 3.69. The number of rotatable bonds is 3. The molecular formula is C9H14O2. The summed E-state index contributed by atoms with van der Waals surface area (Å²) in [5.74, 6) is 1.31. The van der Waals surface area contributed by atoms with Crippen molar-refractivity contribution in [2.75, 3.05) is 0 Å². The molecule has 0 aromatic rings. The van der Waals surface area contributed by atoms with Gasteiger partial charge in [-0.25, -0.2) is 0 Å². The van der Waals surface area contributed by atoms with E-state index in [1.807, 2.05) is 13.8 Å². The molecule has 62 valence electrons. The van der Waals surface area contributed by atoms with Crippen LogP contribution in [0.1, 0.15) is 20.8 Å². The highest BCUT2D eigenvalue weighted by Crippen LogP contribution is 2.19. The summed E-state index contributed by atoms with van der Waals surface area (Å²) in [5, 5.41) is 8.64. The second kappa shape index (κ2) is 4.02. The maximum absolute atomic E-state index is 10.5. The van der Waals surface area contributed by atoms with Crippen LogP contribution in [0.25, 0.3) is 0 Å². The van der Waals surface area contributed by atoms with Gasteiger partial charge in [0.1, 0.15) is 0 Å². The third-order valence-corrected chi connectivity index (χ3v) is 1.84. The van der Waals surface area contributed by atoms with Crippen LogP contribution in [-0.4, -0.2) is 11.1 Å². The smallest absolute Gasteiger partial charge is 0.307 e. The number of terminal acetylenes is 1. The van der Waals surface area contributed by atoms with E-state index in [1.54, 1.807) is 6.92 Å². The number of aliphatic carboxylic acids is 1. The average molecular weight is 154 g/mol. The van der Waals surface area contributed by atoms with Gasteiger partial charge < -0.3 is 5.11 Å². The Labute approximate surface area is 67.6 Å². The molecular weight excluding hydrogens is 140 g/mol. The Morgan fingerprint density at radius 3 is 2.00 bits per heavy atom. The predicted octanol–water partition coefficient (Wildman–Crippen LogP) is 1.61. The van der Waals surface area contributed by atoms with E-state index < -0.39 is 11.9 Å². The van der Waals surface area contributed by atoms with Crippen molar-refractivity contribution in [2.45, 2.75) is 20.8 Å². The molecule has 0 spiro atoms. The highest BCUT2D eigenvalue weighted by atomic mass is 16.4. The fraction of sp³-hybridized carbons (Fsp3) is 0.667. The molecule has 0 aromatic heterocycles. The van der Waals surface area contributed by atoms with Gasteiger partial charge in [0, 0.05) is 5.92 Å². The van der Waals surface area contributed by atoms with Crippen molar-refractivity contribution >= 4 is 5.97 Å². The van der Waals surface area contributed by atoms with E-state index in [0.29, 0.717) is 0 Å².